The molecule has 1 aromatic rings. The highest BCUT2D eigenvalue weighted by Crippen LogP contribution is 2.27. The van der Waals surface area contributed by atoms with Crippen LogP contribution in [0.2, 0.25) is 0 Å². The fourth-order valence-corrected chi connectivity index (χ4v) is 1.95. The van der Waals surface area contributed by atoms with Gasteiger partial charge in [0.25, 0.3) is 0 Å². The third kappa shape index (κ3) is 2.73. The minimum Gasteiger partial charge on any atom is -0.371 e. The lowest BCUT2D eigenvalue weighted by Crippen LogP contribution is -2.41. The van der Waals surface area contributed by atoms with Crippen molar-refractivity contribution in [2.24, 2.45) is 12.8 Å². The zero-order valence-electron chi connectivity index (χ0n) is 9.02. The summed E-state index contributed by atoms with van der Waals surface area (Å²) in [6.45, 7) is 0.984. The van der Waals surface area contributed by atoms with E-state index in [2.05, 4.69) is 15.4 Å². The average Bonchev–Trinajstić information content (AvgIpc) is 2.76. The Kier molecular flexibility index (Phi) is 2.97. The number of nitrogens with zero attached hydrogens (tertiary/aromatic N) is 4. The Morgan fingerprint density at radius 1 is 1.47 bits per heavy atom. The number of hydrogen-bond acceptors (Lipinski definition) is 5. The Hall–Kier alpha value is -1.01. The van der Waals surface area contributed by atoms with Crippen molar-refractivity contribution in [2.45, 2.75) is 37.8 Å². The van der Waals surface area contributed by atoms with Crippen molar-refractivity contribution >= 4 is 0 Å². The molecule has 0 aliphatic heterocycles. The monoisotopic (exact) mass is 211 g/mol. The van der Waals surface area contributed by atoms with Gasteiger partial charge in [-0.2, -0.15) is 4.80 Å². The van der Waals surface area contributed by atoms with Gasteiger partial charge in [-0.1, -0.05) is 12.8 Å². The topological polar surface area (TPSA) is 78.8 Å². The van der Waals surface area contributed by atoms with E-state index in [4.69, 9.17) is 10.5 Å². The van der Waals surface area contributed by atoms with E-state index in [0.717, 1.165) is 12.8 Å². The van der Waals surface area contributed by atoms with Crippen LogP contribution in [0.5, 0.6) is 0 Å². The number of ether oxygens (including phenoxy) is 1. The van der Waals surface area contributed by atoms with E-state index in [9.17, 15) is 0 Å². The minimum absolute atomic E-state index is 0.123. The summed E-state index contributed by atoms with van der Waals surface area (Å²) in [6.07, 6.45) is 4.54. The Morgan fingerprint density at radius 2 is 2.20 bits per heavy atom. The van der Waals surface area contributed by atoms with Gasteiger partial charge in [0.1, 0.15) is 6.61 Å². The van der Waals surface area contributed by atoms with Gasteiger partial charge in [0.05, 0.1) is 13.7 Å². The molecule has 6 heteroatoms. The van der Waals surface area contributed by atoms with Crippen LogP contribution < -0.4 is 5.73 Å². The normalized spacial score (nSPS) is 19.6. The molecule has 2 rings (SSSR count). The van der Waals surface area contributed by atoms with Gasteiger partial charge in [0.15, 0.2) is 5.82 Å². The number of hydrogen-bond donors (Lipinski definition) is 1. The Bertz CT molecular complexity index is 318. The molecule has 84 valence electrons. The Balaban J connectivity index is 1.75. The summed E-state index contributed by atoms with van der Waals surface area (Å²) in [5.74, 6) is 0.610. The molecule has 1 aliphatic rings. The molecular weight excluding hydrogens is 194 g/mol. The highest BCUT2D eigenvalue weighted by molar-refractivity contribution is 4.89. The van der Waals surface area contributed by atoms with Crippen LogP contribution >= 0.6 is 0 Å². The average molecular weight is 211 g/mol. The lowest BCUT2D eigenvalue weighted by Gasteiger charge is -2.22. The summed E-state index contributed by atoms with van der Waals surface area (Å²) in [5, 5.41) is 11.6. The molecule has 2 N–H and O–H groups in total. The van der Waals surface area contributed by atoms with Crippen molar-refractivity contribution < 1.29 is 4.74 Å². The van der Waals surface area contributed by atoms with Gasteiger partial charge in [-0.25, -0.2) is 0 Å². The number of nitrogens with two attached hydrogens (primary N) is 1. The summed E-state index contributed by atoms with van der Waals surface area (Å²) >= 11 is 0. The summed E-state index contributed by atoms with van der Waals surface area (Å²) in [4.78, 5) is 1.42. The maximum Gasteiger partial charge on any atom is 0.200 e. The largest absolute Gasteiger partial charge is 0.371 e. The van der Waals surface area contributed by atoms with Gasteiger partial charge in [0, 0.05) is 5.54 Å². The molecule has 0 amide bonds. The fraction of sp³-hybridized carbons (Fsp3) is 0.889. The van der Waals surface area contributed by atoms with Crippen molar-refractivity contribution in [3.05, 3.63) is 5.82 Å². The Morgan fingerprint density at radius 3 is 2.80 bits per heavy atom. The zero-order chi connectivity index (χ0) is 10.7. The number of aromatic nitrogens is 4. The molecule has 1 heterocycles. The van der Waals surface area contributed by atoms with Crippen LogP contribution in [0.15, 0.2) is 0 Å². The second-order valence-electron chi connectivity index (χ2n) is 4.26. The summed E-state index contributed by atoms with van der Waals surface area (Å²) < 4.78 is 5.52. The molecule has 1 aliphatic carbocycles. The van der Waals surface area contributed by atoms with Gasteiger partial charge >= 0.3 is 0 Å². The quantitative estimate of drug-likeness (QED) is 0.758. The molecule has 1 saturated carbocycles. The molecule has 0 saturated heterocycles. The first kappa shape index (κ1) is 10.5. The van der Waals surface area contributed by atoms with E-state index in [-0.39, 0.29) is 5.54 Å². The van der Waals surface area contributed by atoms with Crippen molar-refractivity contribution in [3.63, 3.8) is 0 Å². The van der Waals surface area contributed by atoms with E-state index >= 15 is 0 Å². The Labute approximate surface area is 88.8 Å². The smallest absolute Gasteiger partial charge is 0.200 e. The lowest BCUT2D eigenvalue weighted by molar-refractivity contribution is 0.0709. The van der Waals surface area contributed by atoms with Crippen molar-refractivity contribution in [1.82, 2.24) is 20.2 Å². The number of tetrazole rings is 1. The number of rotatable bonds is 4. The van der Waals surface area contributed by atoms with Crippen LogP contribution in [-0.4, -0.2) is 32.4 Å². The molecule has 0 atom stereocenters. The summed E-state index contributed by atoms with van der Waals surface area (Å²) in [7, 11) is 1.73. The predicted molar refractivity (Wildman–Crippen MR) is 53.8 cm³/mol. The van der Waals surface area contributed by atoms with Gasteiger partial charge in [-0.05, 0) is 18.1 Å². The van der Waals surface area contributed by atoms with Gasteiger partial charge in [-0.3, -0.25) is 0 Å². The summed E-state index contributed by atoms with van der Waals surface area (Å²) in [5.41, 5.74) is 6.02. The zero-order valence-corrected chi connectivity index (χ0v) is 9.02. The van der Waals surface area contributed by atoms with Gasteiger partial charge in [0.2, 0.25) is 0 Å². The third-order valence-electron chi connectivity index (χ3n) is 2.77. The standard InChI is InChI=1S/C9H17N5O/c1-14-12-8(11-13-14)6-15-7-9(10)4-2-3-5-9/h2-7,10H2,1H3. The van der Waals surface area contributed by atoms with Crippen LogP contribution in [0.4, 0.5) is 0 Å². The van der Waals surface area contributed by atoms with Crippen LogP contribution in [-0.2, 0) is 18.4 Å². The maximum atomic E-state index is 6.14. The molecular formula is C9H17N5O. The summed E-state index contributed by atoms with van der Waals surface area (Å²) in [6, 6.07) is 0. The highest BCUT2D eigenvalue weighted by Gasteiger charge is 2.29. The molecule has 0 radical (unpaired) electrons. The van der Waals surface area contributed by atoms with E-state index in [0.29, 0.717) is 19.0 Å². The maximum absolute atomic E-state index is 6.14. The first-order valence-electron chi connectivity index (χ1n) is 5.27. The SMILES string of the molecule is Cn1nnc(COCC2(N)CCCC2)n1. The third-order valence-corrected chi connectivity index (χ3v) is 2.77. The van der Waals surface area contributed by atoms with Crippen LogP contribution in [0.25, 0.3) is 0 Å². The first-order chi connectivity index (χ1) is 7.18. The van der Waals surface area contributed by atoms with Crippen LogP contribution in [0, 0.1) is 0 Å². The van der Waals surface area contributed by atoms with Crippen molar-refractivity contribution in [2.75, 3.05) is 6.61 Å². The lowest BCUT2D eigenvalue weighted by atomic mass is 10.0. The van der Waals surface area contributed by atoms with E-state index in [1.807, 2.05) is 0 Å². The van der Waals surface area contributed by atoms with Crippen LogP contribution in [0.3, 0.4) is 0 Å². The molecule has 6 nitrogen and oxygen atoms in total. The fourth-order valence-electron chi connectivity index (χ4n) is 1.95. The van der Waals surface area contributed by atoms with Crippen molar-refractivity contribution in [1.29, 1.82) is 0 Å². The molecule has 15 heavy (non-hydrogen) atoms. The van der Waals surface area contributed by atoms with Crippen LogP contribution in [0.1, 0.15) is 31.5 Å². The highest BCUT2D eigenvalue weighted by atomic mass is 16.5. The first-order valence-corrected chi connectivity index (χ1v) is 5.27. The molecule has 0 aromatic carbocycles. The second kappa shape index (κ2) is 4.24. The second-order valence-corrected chi connectivity index (χ2v) is 4.26. The molecule has 0 bridgehead atoms. The minimum atomic E-state index is -0.123. The predicted octanol–water partition coefficient (Wildman–Crippen LogP) is -0.00180. The van der Waals surface area contributed by atoms with Gasteiger partial charge in [-0.15, -0.1) is 10.2 Å². The van der Waals surface area contributed by atoms with E-state index in [1.54, 1.807) is 7.05 Å². The molecule has 1 aromatic heterocycles. The molecule has 0 unspecified atom stereocenters. The van der Waals surface area contributed by atoms with Gasteiger partial charge < -0.3 is 10.5 Å². The van der Waals surface area contributed by atoms with E-state index < -0.39 is 0 Å². The van der Waals surface area contributed by atoms with E-state index in [1.165, 1.54) is 17.6 Å². The number of aryl methyl sites for hydroxylation is 1. The molecule has 0 spiro atoms. The molecule has 1 fully saturated rings. The van der Waals surface area contributed by atoms with Crippen molar-refractivity contribution in [3.8, 4) is 0 Å².